The molecule has 4 aliphatic rings. The molecule has 0 bridgehead atoms. The first-order valence-electron chi connectivity index (χ1n) is 13.6. The Balaban J connectivity index is 0.000000191. The summed E-state index contributed by atoms with van der Waals surface area (Å²) in [6.45, 7) is 2.41. The van der Waals surface area contributed by atoms with Gasteiger partial charge >= 0.3 is 6.03 Å². The molecule has 0 aromatic carbocycles. The summed E-state index contributed by atoms with van der Waals surface area (Å²) in [5.41, 5.74) is 2.28. The molecule has 41 heavy (non-hydrogen) atoms. The molecule has 2 aromatic heterocycles. The minimum Gasteiger partial charge on any atom is -0.497 e. The highest BCUT2D eigenvalue weighted by Gasteiger charge is 2.34. The van der Waals surface area contributed by atoms with Crippen molar-refractivity contribution in [3.05, 3.63) is 59.1 Å². The number of amides is 4. The van der Waals surface area contributed by atoms with Gasteiger partial charge in [-0.15, -0.1) is 0 Å². The number of hydrogen-bond donors (Lipinski definition) is 2. The Bertz CT molecular complexity index is 1450. The topological polar surface area (TPSA) is 120 Å². The molecule has 1 aliphatic carbocycles. The van der Waals surface area contributed by atoms with Gasteiger partial charge in [-0.2, -0.15) is 0 Å². The molecular weight excluding hydrogens is 531 g/mol. The summed E-state index contributed by atoms with van der Waals surface area (Å²) in [6, 6.07) is 4.88. The Hall–Kier alpha value is -4.19. The predicted octanol–water partition coefficient (Wildman–Crippen LogP) is 2.82. The highest BCUT2D eigenvalue weighted by Crippen LogP contribution is 2.29. The molecule has 0 spiro atoms. The lowest BCUT2D eigenvalue weighted by Gasteiger charge is -2.24. The van der Waals surface area contributed by atoms with E-state index in [0.29, 0.717) is 35.2 Å². The number of fused-ring (bicyclic) bond motifs is 1. The number of pyridine rings is 1. The maximum absolute atomic E-state index is 13.8. The molecular formula is C29H35FN6O5. The number of ether oxygens (including phenoxy) is 1. The van der Waals surface area contributed by atoms with Crippen LogP contribution in [0.15, 0.2) is 57.7 Å². The Morgan fingerprint density at radius 3 is 2.66 bits per heavy atom. The van der Waals surface area contributed by atoms with Crippen LogP contribution in [0.2, 0.25) is 0 Å². The number of methoxy groups -OCH3 is 1. The monoisotopic (exact) mass is 566 g/mol. The van der Waals surface area contributed by atoms with Crippen LogP contribution in [0.4, 0.5) is 15.0 Å². The fourth-order valence-electron chi connectivity index (χ4n) is 5.49. The number of urea groups is 1. The van der Waals surface area contributed by atoms with Gasteiger partial charge in [0, 0.05) is 38.8 Å². The number of hydrogen-bond acceptors (Lipinski definition) is 8. The first kappa shape index (κ1) is 28.3. The number of likely N-dealkylation sites (N-methyl/N-ethyl adjacent to an activating group) is 1. The predicted molar refractivity (Wildman–Crippen MR) is 151 cm³/mol. The van der Waals surface area contributed by atoms with Crippen LogP contribution in [-0.2, 0) is 14.3 Å². The van der Waals surface area contributed by atoms with Gasteiger partial charge in [-0.3, -0.25) is 14.9 Å². The third-order valence-electron chi connectivity index (χ3n) is 7.79. The Kier molecular flexibility index (Phi) is 8.11. The lowest BCUT2D eigenvalue weighted by molar-refractivity contribution is -0.124. The standard InChI is InChI=1S/C18H23N5O3.C11H12FNO2/c1-22(2)11-4-3-8-23(9-7-11)15-6-5-13-12(19-15)10-14(26-13)16-17(24)21-18(25)20-16;1-13-6-7-3-4-8(15-2)5-9(12)10(7)11(13)14/h5-6,10-11,16H,3-4,7-9H2,1-2H3,(H2,20,21,24,25);3-5,9H,6H2,1-2H3. The summed E-state index contributed by atoms with van der Waals surface area (Å²) < 4.78 is 24.4. The Morgan fingerprint density at radius 2 is 1.95 bits per heavy atom. The second-order valence-corrected chi connectivity index (χ2v) is 10.7. The van der Waals surface area contributed by atoms with Gasteiger partial charge in [-0.25, -0.2) is 14.2 Å². The van der Waals surface area contributed by atoms with Crippen molar-refractivity contribution in [3.8, 4) is 0 Å². The van der Waals surface area contributed by atoms with Gasteiger partial charge in [0.15, 0.2) is 17.8 Å². The van der Waals surface area contributed by atoms with E-state index in [1.807, 2.05) is 12.1 Å². The van der Waals surface area contributed by atoms with E-state index >= 15 is 0 Å². The van der Waals surface area contributed by atoms with Crippen LogP contribution in [-0.4, -0.2) is 92.7 Å². The van der Waals surface area contributed by atoms with Crippen LogP contribution >= 0.6 is 0 Å². The number of alkyl halides is 1. The molecule has 0 radical (unpaired) electrons. The van der Waals surface area contributed by atoms with Crippen LogP contribution in [0.1, 0.15) is 31.1 Å². The van der Waals surface area contributed by atoms with Crippen molar-refractivity contribution in [2.75, 3.05) is 52.8 Å². The number of furan rings is 1. The summed E-state index contributed by atoms with van der Waals surface area (Å²) in [7, 11) is 7.41. The highest BCUT2D eigenvalue weighted by atomic mass is 19.1. The van der Waals surface area contributed by atoms with E-state index in [-0.39, 0.29) is 11.5 Å². The average Bonchev–Trinajstić information content (AvgIpc) is 3.47. The number of halogens is 1. The number of imide groups is 1. The van der Waals surface area contributed by atoms with Gasteiger partial charge in [-0.05, 0) is 63.2 Å². The molecule has 2 aromatic rings. The average molecular weight is 567 g/mol. The third-order valence-corrected chi connectivity index (χ3v) is 7.79. The van der Waals surface area contributed by atoms with Crippen molar-refractivity contribution in [3.63, 3.8) is 0 Å². The second-order valence-electron chi connectivity index (χ2n) is 10.7. The second kappa shape index (κ2) is 11.7. The van der Waals surface area contributed by atoms with Gasteiger partial charge in [0.2, 0.25) is 0 Å². The van der Waals surface area contributed by atoms with E-state index in [9.17, 15) is 18.8 Å². The summed E-state index contributed by atoms with van der Waals surface area (Å²) in [6.07, 6.45) is 6.80. The number of allylic oxidation sites excluding steroid dienone is 2. The molecule has 5 heterocycles. The molecule has 2 fully saturated rings. The van der Waals surface area contributed by atoms with Crippen molar-refractivity contribution in [1.82, 2.24) is 25.4 Å². The fourth-order valence-corrected chi connectivity index (χ4v) is 5.49. The molecule has 0 saturated carbocycles. The molecule has 2 N–H and O–H groups in total. The number of nitrogens with zero attached hydrogens (tertiary/aromatic N) is 4. The van der Waals surface area contributed by atoms with E-state index < -0.39 is 24.2 Å². The van der Waals surface area contributed by atoms with Crippen molar-refractivity contribution in [2.24, 2.45) is 0 Å². The number of carbonyl (C=O) groups is 3. The number of anilines is 1. The molecule has 6 rings (SSSR count). The van der Waals surface area contributed by atoms with Gasteiger partial charge in [-0.1, -0.05) is 6.08 Å². The maximum Gasteiger partial charge on any atom is 0.322 e. The van der Waals surface area contributed by atoms with Crippen molar-refractivity contribution < 1.29 is 27.9 Å². The maximum atomic E-state index is 13.8. The van der Waals surface area contributed by atoms with Crippen LogP contribution in [0.3, 0.4) is 0 Å². The number of nitrogens with one attached hydrogen (secondary N) is 2. The quantitative estimate of drug-likeness (QED) is 0.543. The molecule has 11 nitrogen and oxygen atoms in total. The van der Waals surface area contributed by atoms with E-state index in [4.69, 9.17) is 14.1 Å². The van der Waals surface area contributed by atoms with Crippen LogP contribution in [0.25, 0.3) is 11.1 Å². The zero-order valence-electron chi connectivity index (χ0n) is 23.6. The van der Waals surface area contributed by atoms with E-state index in [2.05, 4.69) is 34.5 Å². The normalized spacial score (nSPS) is 24.5. The van der Waals surface area contributed by atoms with Crippen molar-refractivity contribution in [2.45, 2.75) is 37.5 Å². The first-order chi connectivity index (χ1) is 19.6. The van der Waals surface area contributed by atoms with E-state index in [1.54, 1.807) is 25.3 Å². The molecule has 3 unspecified atom stereocenters. The molecule has 3 aliphatic heterocycles. The van der Waals surface area contributed by atoms with Crippen molar-refractivity contribution in [1.29, 1.82) is 0 Å². The smallest absolute Gasteiger partial charge is 0.322 e. The van der Waals surface area contributed by atoms with Crippen LogP contribution < -0.4 is 15.5 Å². The molecule has 2 saturated heterocycles. The molecule has 3 atom stereocenters. The number of carbonyl (C=O) groups excluding carboxylic acids is 3. The zero-order chi connectivity index (χ0) is 29.3. The van der Waals surface area contributed by atoms with Gasteiger partial charge in [0.25, 0.3) is 11.8 Å². The summed E-state index contributed by atoms with van der Waals surface area (Å²) in [4.78, 5) is 45.6. The van der Waals surface area contributed by atoms with E-state index in [0.717, 1.165) is 37.3 Å². The highest BCUT2D eigenvalue weighted by molar-refractivity contribution is 6.04. The SMILES string of the molecule is CN(C)C1CCCN(c2ccc3oc(C4NC(=O)NC4=O)cc3n2)CC1.COC1=CC(F)C2=C(C=C1)CN(C)C2=O. The molecule has 4 amide bonds. The van der Waals surface area contributed by atoms with Gasteiger partial charge in [0.1, 0.15) is 22.9 Å². The Morgan fingerprint density at radius 1 is 1.15 bits per heavy atom. The summed E-state index contributed by atoms with van der Waals surface area (Å²) in [5, 5.41) is 4.76. The van der Waals surface area contributed by atoms with Gasteiger partial charge < -0.3 is 29.2 Å². The fraction of sp³-hybridized carbons (Fsp3) is 0.448. The Labute approximate surface area is 237 Å². The minimum absolute atomic E-state index is 0.237. The lowest BCUT2D eigenvalue weighted by atomic mass is 10.1. The van der Waals surface area contributed by atoms with Gasteiger partial charge in [0.05, 0.1) is 12.7 Å². The number of aromatic nitrogens is 1. The van der Waals surface area contributed by atoms with Crippen LogP contribution in [0.5, 0.6) is 0 Å². The third kappa shape index (κ3) is 5.97. The molecule has 218 valence electrons. The number of rotatable bonds is 4. The first-order valence-corrected chi connectivity index (χ1v) is 13.6. The lowest BCUT2D eigenvalue weighted by Crippen LogP contribution is -2.30. The zero-order valence-corrected chi connectivity index (χ0v) is 23.6. The van der Waals surface area contributed by atoms with Crippen LogP contribution in [0, 0.1) is 0 Å². The molecule has 12 heteroatoms. The largest absolute Gasteiger partial charge is 0.497 e. The van der Waals surface area contributed by atoms with Crippen molar-refractivity contribution >= 4 is 34.8 Å². The minimum atomic E-state index is -1.37. The summed E-state index contributed by atoms with van der Waals surface area (Å²) >= 11 is 0. The van der Waals surface area contributed by atoms with E-state index in [1.165, 1.54) is 24.5 Å². The summed E-state index contributed by atoms with van der Waals surface area (Å²) in [5.74, 6) is 1.13.